The molecular formula is C16H30Br2N2O2. The first-order chi connectivity index (χ1) is 10.5. The van der Waals surface area contributed by atoms with E-state index in [9.17, 15) is 0 Å². The molecule has 130 valence electrons. The summed E-state index contributed by atoms with van der Waals surface area (Å²) in [7, 11) is 0. The molecule has 0 N–H and O–H groups in total. The van der Waals surface area contributed by atoms with Gasteiger partial charge in [0.05, 0.1) is 25.4 Å². The second-order valence-corrected chi connectivity index (χ2v) is 10.0. The Bertz CT molecular complexity index is 331. The lowest BCUT2D eigenvalue weighted by Gasteiger charge is -2.41. The van der Waals surface area contributed by atoms with Gasteiger partial charge in [-0.05, 0) is 32.2 Å². The monoisotopic (exact) mass is 440 g/mol. The van der Waals surface area contributed by atoms with Crippen LogP contribution in [-0.4, -0.2) is 71.3 Å². The molecule has 0 aliphatic carbocycles. The second kappa shape index (κ2) is 9.33. The number of halogens is 2. The zero-order chi connectivity index (χ0) is 16.0. The molecule has 0 saturated carbocycles. The molecule has 2 fully saturated rings. The van der Waals surface area contributed by atoms with Gasteiger partial charge in [0.25, 0.3) is 0 Å². The van der Waals surface area contributed by atoms with Gasteiger partial charge in [0, 0.05) is 26.2 Å². The highest BCUT2D eigenvalue weighted by Gasteiger charge is 2.34. The van der Waals surface area contributed by atoms with Crippen LogP contribution in [-0.2, 0) is 9.47 Å². The summed E-state index contributed by atoms with van der Waals surface area (Å²) in [6.45, 7) is 11.4. The number of nitrogens with zero attached hydrogens (tertiary/aromatic N) is 2. The molecule has 4 nitrogen and oxygen atoms in total. The topological polar surface area (TPSA) is 24.9 Å². The molecular weight excluding hydrogens is 412 g/mol. The Morgan fingerprint density at radius 2 is 1.64 bits per heavy atom. The molecule has 0 aromatic rings. The van der Waals surface area contributed by atoms with Crippen LogP contribution in [0.25, 0.3) is 0 Å². The molecule has 2 atom stereocenters. The van der Waals surface area contributed by atoms with E-state index in [1.54, 1.807) is 0 Å². The maximum absolute atomic E-state index is 5.77. The summed E-state index contributed by atoms with van der Waals surface area (Å²) in [4.78, 5) is 5.01. The number of rotatable bonds is 7. The largest absolute Gasteiger partial charge is 0.376 e. The molecule has 2 saturated heterocycles. The number of hydrogen-bond donors (Lipinski definition) is 0. The standard InChI is InChI=1S/C16H30Br2N2O2/c1-3-14-12-19(8-10-21-14)7-5-6-16(17,18)20-9-11-22-15(4-2)13-20/h14-15H,3-13H2,1-2H3. The maximum Gasteiger partial charge on any atom is 0.133 e. The maximum atomic E-state index is 5.77. The molecule has 6 heteroatoms. The lowest BCUT2D eigenvalue weighted by molar-refractivity contribution is -0.0396. The van der Waals surface area contributed by atoms with E-state index >= 15 is 0 Å². The molecule has 22 heavy (non-hydrogen) atoms. The summed E-state index contributed by atoms with van der Waals surface area (Å²) in [6.07, 6.45) is 5.27. The normalized spacial score (nSPS) is 28.9. The van der Waals surface area contributed by atoms with E-state index in [1.165, 1.54) is 6.42 Å². The summed E-state index contributed by atoms with van der Waals surface area (Å²) in [5, 5.41) is 0. The summed E-state index contributed by atoms with van der Waals surface area (Å²) < 4.78 is 11.4. The number of morpholine rings is 2. The Hall–Kier alpha value is 0.800. The molecule has 0 radical (unpaired) electrons. The first-order valence-electron chi connectivity index (χ1n) is 8.63. The molecule has 0 spiro atoms. The molecule has 2 heterocycles. The lowest BCUT2D eigenvalue weighted by Crippen LogP contribution is -2.50. The Morgan fingerprint density at radius 3 is 2.32 bits per heavy atom. The molecule has 2 aliphatic rings. The molecule has 2 aliphatic heterocycles. The Kier molecular flexibility index (Phi) is 8.11. The molecule has 0 amide bonds. The first-order valence-corrected chi connectivity index (χ1v) is 10.2. The highest BCUT2D eigenvalue weighted by atomic mass is 79.9. The summed E-state index contributed by atoms with van der Waals surface area (Å²) in [5.41, 5.74) is 0. The predicted octanol–water partition coefficient (Wildman–Crippen LogP) is 3.43. The van der Waals surface area contributed by atoms with Gasteiger partial charge in [-0.3, -0.25) is 9.80 Å². The first kappa shape index (κ1) is 19.1. The van der Waals surface area contributed by atoms with Crippen molar-refractivity contribution >= 4 is 31.9 Å². The van der Waals surface area contributed by atoms with Crippen LogP contribution < -0.4 is 0 Å². The molecule has 0 aromatic heterocycles. The van der Waals surface area contributed by atoms with Gasteiger partial charge in [-0.25, -0.2) is 0 Å². The van der Waals surface area contributed by atoms with Gasteiger partial charge in [-0.15, -0.1) is 0 Å². The zero-order valence-electron chi connectivity index (χ0n) is 13.9. The number of ether oxygens (including phenoxy) is 2. The van der Waals surface area contributed by atoms with Crippen molar-refractivity contribution in [2.75, 3.05) is 45.9 Å². The smallest absolute Gasteiger partial charge is 0.133 e. The third-order valence-corrected chi connectivity index (χ3v) is 6.48. The quantitative estimate of drug-likeness (QED) is 0.446. The lowest BCUT2D eigenvalue weighted by atomic mass is 10.2. The van der Waals surface area contributed by atoms with Gasteiger partial charge < -0.3 is 9.47 Å². The SMILES string of the molecule is CCC1CN(CCCC(Br)(Br)N2CCOC(CC)C2)CCO1. The minimum atomic E-state index is -0.0896. The summed E-state index contributed by atoms with van der Waals surface area (Å²) in [6, 6.07) is 0. The van der Waals surface area contributed by atoms with E-state index in [2.05, 4.69) is 55.5 Å². The van der Waals surface area contributed by atoms with Gasteiger partial charge in [0.1, 0.15) is 3.36 Å². The molecule has 0 aromatic carbocycles. The fraction of sp³-hybridized carbons (Fsp3) is 1.00. The van der Waals surface area contributed by atoms with E-state index in [1.807, 2.05) is 0 Å². The van der Waals surface area contributed by atoms with Crippen LogP contribution in [0.1, 0.15) is 39.5 Å². The van der Waals surface area contributed by atoms with Crippen molar-refractivity contribution < 1.29 is 9.47 Å². The summed E-state index contributed by atoms with van der Waals surface area (Å²) in [5.74, 6) is 0. The Morgan fingerprint density at radius 1 is 1.00 bits per heavy atom. The summed E-state index contributed by atoms with van der Waals surface area (Å²) >= 11 is 7.79. The average molecular weight is 442 g/mol. The van der Waals surface area contributed by atoms with Gasteiger partial charge in [-0.2, -0.15) is 0 Å². The van der Waals surface area contributed by atoms with E-state index in [0.717, 1.165) is 65.2 Å². The second-order valence-electron chi connectivity index (χ2n) is 6.32. The van der Waals surface area contributed by atoms with Crippen LogP contribution >= 0.6 is 31.9 Å². The van der Waals surface area contributed by atoms with E-state index in [4.69, 9.17) is 9.47 Å². The van der Waals surface area contributed by atoms with Crippen molar-refractivity contribution in [3.63, 3.8) is 0 Å². The Balaban J connectivity index is 1.72. The molecule has 2 unspecified atom stereocenters. The third-order valence-electron chi connectivity index (χ3n) is 4.69. The van der Waals surface area contributed by atoms with Crippen molar-refractivity contribution in [3.8, 4) is 0 Å². The van der Waals surface area contributed by atoms with Crippen LogP contribution in [0.2, 0.25) is 0 Å². The highest BCUT2D eigenvalue weighted by Crippen LogP contribution is 2.37. The average Bonchev–Trinajstić information content (AvgIpc) is 2.55. The van der Waals surface area contributed by atoms with Crippen LogP contribution in [0.5, 0.6) is 0 Å². The number of alkyl halides is 2. The van der Waals surface area contributed by atoms with Crippen molar-refractivity contribution in [2.24, 2.45) is 0 Å². The van der Waals surface area contributed by atoms with Crippen molar-refractivity contribution in [3.05, 3.63) is 0 Å². The predicted molar refractivity (Wildman–Crippen MR) is 97.9 cm³/mol. The van der Waals surface area contributed by atoms with Gasteiger partial charge in [0.2, 0.25) is 0 Å². The van der Waals surface area contributed by atoms with Crippen molar-refractivity contribution in [2.45, 2.75) is 55.1 Å². The van der Waals surface area contributed by atoms with Gasteiger partial charge in [0.15, 0.2) is 0 Å². The van der Waals surface area contributed by atoms with Crippen molar-refractivity contribution in [1.29, 1.82) is 0 Å². The molecule has 0 bridgehead atoms. The fourth-order valence-corrected chi connectivity index (χ4v) is 4.37. The van der Waals surface area contributed by atoms with Gasteiger partial charge >= 0.3 is 0 Å². The van der Waals surface area contributed by atoms with E-state index in [-0.39, 0.29) is 3.36 Å². The van der Waals surface area contributed by atoms with Crippen LogP contribution in [0, 0.1) is 0 Å². The zero-order valence-corrected chi connectivity index (χ0v) is 17.1. The van der Waals surface area contributed by atoms with Crippen molar-refractivity contribution in [1.82, 2.24) is 9.80 Å². The third kappa shape index (κ3) is 5.71. The number of hydrogen-bond acceptors (Lipinski definition) is 4. The molecule has 2 rings (SSSR count). The van der Waals surface area contributed by atoms with Gasteiger partial charge in [-0.1, -0.05) is 45.7 Å². The van der Waals surface area contributed by atoms with Crippen LogP contribution in [0.4, 0.5) is 0 Å². The highest BCUT2D eigenvalue weighted by molar-refractivity contribution is 9.25. The minimum absolute atomic E-state index is 0.0896. The van der Waals surface area contributed by atoms with E-state index in [0.29, 0.717) is 12.2 Å². The Labute approximate surface area is 152 Å². The fourth-order valence-electron chi connectivity index (χ4n) is 3.17. The minimum Gasteiger partial charge on any atom is -0.376 e. The van der Waals surface area contributed by atoms with Crippen LogP contribution in [0.3, 0.4) is 0 Å². The van der Waals surface area contributed by atoms with Crippen LogP contribution in [0.15, 0.2) is 0 Å². The van der Waals surface area contributed by atoms with E-state index < -0.39 is 0 Å².